The summed E-state index contributed by atoms with van der Waals surface area (Å²) in [6.45, 7) is 8.93. The molecule has 6 unspecified atom stereocenters. The minimum Gasteiger partial charge on any atom is -0.374 e. The number of halogens is 1. The average molecular weight is 586 g/mol. The van der Waals surface area contributed by atoms with E-state index in [9.17, 15) is 20.2 Å². The molecule has 5 aliphatic rings. The summed E-state index contributed by atoms with van der Waals surface area (Å²) < 4.78 is 2.36. The van der Waals surface area contributed by atoms with Gasteiger partial charge in [-0.2, -0.15) is 0 Å². The van der Waals surface area contributed by atoms with Gasteiger partial charge in [0.1, 0.15) is 7.05 Å². The predicted molar refractivity (Wildman–Crippen MR) is 162 cm³/mol. The summed E-state index contributed by atoms with van der Waals surface area (Å²) in [5, 5.41) is 23.9. The summed E-state index contributed by atoms with van der Waals surface area (Å²) in [4.78, 5) is 25.2. The van der Waals surface area contributed by atoms with E-state index in [1.54, 1.807) is 0 Å². The van der Waals surface area contributed by atoms with Crippen molar-refractivity contribution in [2.45, 2.75) is 110 Å². The Hall–Kier alpha value is -2.48. The molecule has 1 saturated heterocycles. The van der Waals surface area contributed by atoms with Crippen LogP contribution in [0.3, 0.4) is 0 Å². The van der Waals surface area contributed by atoms with E-state index in [-0.39, 0.29) is 32.5 Å². The number of hydrogen-bond donors (Lipinski definition) is 0. The van der Waals surface area contributed by atoms with Crippen molar-refractivity contribution in [3.63, 3.8) is 0 Å². The molecule has 3 aliphatic carbocycles. The first kappa shape index (κ1) is 30.0. The van der Waals surface area contributed by atoms with Crippen molar-refractivity contribution in [3.05, 3.63) is 66.4 Å². The molecule has 0 bridgehead atoms. The highest BCUT2D eigenvalue weighted by atomic mass is 35.5. The molecule has 0 aromatic heterocycles. The molecule has 224 valence electrons. The van der Waals surface area contributed by atoms with Crippen LogP contribution in [0, 0.1) is 42.9 Å². The lowest BCUT2D eigenvalue weighted by molar-refractivity contribution is -0.562. The average Bonchev–Trinajstić information content (AvgIpc) is 3.24. The van der Waals surface area contributed by atoms with Gasteiger partial charge in [-0.1, -0.05) is 37.6 Å². The fraction of sp³-hybridized carbons (Fsp3) is 0.719. The standard InChI is InChI=1S/C32H46ClN4O4/c1-31(2)24-18-22(36(38)39)12-14-26(24)34(5)28(31)16-10-20-8-7-9-21(30(20)33)11-17-29-32(3,4)25-19-23(37(40)41)13-15-27(25)35(29)6/h10-11,16-17,22-27H,7-9,12-15,18-19H2,1-6H3/q+1. The molecular formula is C32H46ClN4O4+. The highest BCUT2D eigenvalue weighted by Gasteiger charge is 2.57. The molecule has 3 fully saturated rings. The van der Waals surface area contributed by atoms with Crippen molar-refractivity contribution in [1.82, 2.24) is 4.90 Å². The number of likely N-dealkylation sites (tertiary alicyclic amines) is 1. The number of fused-ring (bicyclic) bond motifs is 2. The number of rotatable bonds is 5. The van der Waals surface area contributed by atoms with Gasteiger partial charge in [0.25, 0.3) is 0 Å². The van der Waals surface area contributed by atoms with Crippen molar-refractivity contribution >= 4 is 17.3 Å². The number of nitro groups is 2. The number of nitrogens with zero attached hydrogens (tertiary/aromatic N) is 4. The van der Waals surface area contributed by atoms with Gasteiger partial charge >= 0.3 is 0 Å². The Kier molecular flexibility index (Phi) is 8.03. The van der Waals surface area contributed by atoms with Gasteiger partial charge in [-0.3, -0.25) is 20.2 Å². The summed E-state index contributed by atoms with van der Waals surface area (Å²) in [5.41, 5.74) is 4.46. The highest BCUT2D eigenvalue weighted by molar-refractivity contribution is 6.32. The number of allylic oxidation sites excluding steroid dienone is 8. The smallest absolute Gasteiger partial charge is 0.214 e. The maximum atomic E-state index is 11.5. The first-order valence-corrected chi connectivity index (χ1v) is 15.7. The van der Waals surface area contributed by atoms with Crippen LogP contribution in [0.15, 0.2) is 46.2 Å². The zero-order chi connectivity index (χ0) is 29.9. The maximum Gasteiger partial charge on any atom is 0.214 e. The van der Waals surface area contributed by atoms with Crippen LogP contribution in [0.25, 0.3) is 0 Å². The van der Waals surface area contributed by atoms with Gasteiger partial charge in [0.2, 0.25) is 12.1 Å². The largest absolute Gasteiger partial charge is 0.374 e. The van der Waals surface area contributed by atoms with Crippen molar-refractivity contribution in [2.24, 2.45) is 22.7 Å². The second-order valence-corrected chi connectivity index (χ2v) is 14.6. The van der Waals surface area contributed by atoms with Crippen LogP contribution in [0.2, 0.25) is 0 Å². The van der Waals surface area contributed by atoms with Gasteiger partial charge in [0, 0.05) is 83.2 Å². The first-order chi connectivity index (χ1) is 19.2. The molecule has 41 heavy (non-hydrogen) atoms. The van der Waals surface area contributed by atoms with E-state index >= 15 is 0 Å². The quantitative estimate of drug-likeness (QED) is 0.202. The van der Waals surface area contributed by atoms with Gasteiger partial charge in [0.15, 0.2) is 11.8 Å². The zero-order valence-corrected chi connectivity index (χ0v) is 26.2. The Balaban J connectivity index is 1.38. The molecule has 9 heteroatoms. The summed E-state index contributed by atoms with van der Waals surface area (Å²) in [6.07, 6.45) is 15.9. The van der Waals surface area contributed by atoms with Crippen LogP contribution >= 0.6 is 11.6 Å². The van der Waals surface area contributed by atoms with E-state index in [0.717, 1.165) is 48.3 Å². The van der Waals surface area contributed by atoms with Crippen molar-refractivity contribution in [3.8, 4) is 0 Å². The van der Waals surface area contributed by atoms with E-state index in [0.29, 0.717) is 37.8 Å². The summed E-state index contributed by atoms with van der Waals surface area (Å²) in [5.74, 6) is 0.538. The molecule has 0 spiro atoms. The van der Waals surface area contributed by atoms with Crippen LogP contribution in [-0.2, 0) is 0 Å². The van der Waals surface area contributed by atoms with Crippen molar-refractivity contribution < 1.29 is 14.4 Å². The second kappa shape index (κ2) is 11.0. The molecule has 2 heterocycles. The van der Waals surface area contributed by atoms with Crippen LogP contribution < -0.4 is 0 Å². The molecule has 0 N–H and O–H groups in total. The van der Waals surface area contributed by atoms with E-state index in [2.05, 4.69) is 75.6 Å². The van der Waals surface area contributed by atoms with Crippen LogP contribution in [0.1, 0.15) is 85.5 Å². The van der Waals surface area contributed by atoms with Crippen LogP contribution in [0.5, 0.6) is 0 Å². The Morgan fingerprint density at radius 2 is 1.54 bits per heavy atom. The lowest BCUT2D eigenvalue weighted by Gasteiger charge is -2.34. The van der Waals surface area contributed by atoms with E-state index in [1.807, 2.05) is 0 Å². The molecule has 8 nitrogen and oxygen atoms in total. The van der Waals surface area contributed by atoms with Gasteiger partial charge < -0.3 is 4.90 Å². The summed E-state index contributed by atoms with van der Waals surface area (Å²) in [6, 6.07) is -0.191. The SMILES string of the molecule is CN1/C(=C/C=C2\CCCC(/C=C/C3=[N+](C)C4CCC([N+](=O)[O-])CC4C3(C)C)=C2Cl)C(C)(C)C2CC([N+](=O)[O-])CCC21. The molecule has 2 aliphatic heterocycles. The molecule has 6 atom stereocenters. The fourth-order valence-corrected chi connectivity index (χ4v) is 9.32. The molecule has 5 rings (SSSR count). The third-order valence-corrected chi connectivity index (χ3v) is 11.9. The molecule has 2 saturated carbocycles. The monoisotopic (exact) mass is 585 g/mol. The molecule has 0 amide bonds. The second-order valence-electron chi connectivity index (χ2n) is 14.2. The summed E-state index contributed by atoms with van der Waals surface area (Å²) >= 11 is 7.03. The molecule has 0 aromatic rings. The zero-order valence-electron chi connectivity index (χ0n) is 25.4. The van der Waals surface area contributed by atoms with Gasteiger partial charge in [-0.25, -0.2) is 4.58 Å². The van der Waals surface area contributed by atoms with Crippen LogP contribution in [0.4, 0.5) is 0 Å². The Bertz CT molecular complexity index is 1280. The third kappa shape index (κ3) is 5.19. The highest BCUT2D eigenvalue weighted by Crippen LogP contribution is 2.53. The topological polar surface area (TPSA) is 92.5 Å². The minimum atomic E-state index is -0.438. The molecular weight excluding hydrogens is 540 g/mol. The Morgan fingerprint density at radius 3 is 2.20 bits per heavy atom. The third-order valence-electron chi connectivity index (χ3n) is 11.4. The molecule has 0 aromatic carbocycles. The van der Waals surface area contributed by atoms with Gasteiger partial charge in [-0.05, 0) is 62.7 Å². The Morgan fingerprint density at radius 1 is 0.902 bits per heavy atom. The lowest BCUT2D eigenvalue weighted by Crippen LogP contribution is -2.41. The minimum absolute atomic E-state index is 0.0857. The predicted octanol–water partition coefficient (Wildman–Crippen LogP) is 6.75. The van der Waals surface area contributed by atoms with E-state index < -0.39 is 12.1 Å². The van der Waals surface area contributed by atoms with E-state index in [4.69, 9.17) is 11.6 Å². The lowest BCUT2D eigenvalue weighted by atomic mass is 9.68. The van der Waals surface area contributed by atoms with Crippen molar-refractivity contribution in [1.29, 1.82) is 0 Å². The van der Waals surface area contributed by atoms with Crippen molar-refractivity contribution in [2.75, 3.05) is 14.1 Å². The molecule has 0 radical (unpaired) electrons. The number of hydrogen-bond acceptors (Lipinski definition) is 5. The summed E-state index contributed by atoms with van der Waals surface area (Å²) in [7, 11) is 4.27. The Labute approximate surface area is 249 Å². The van der Waals surface area contributed by atoms with Crippen LogP contribution in [-0.4, -0.2) is 63.3 Å². The maximum absolute atomic E-state index is 11.5. The normalized spacial score (nSPS) is 36.8. The fourth-order valence-electron chi connectivity index (χ4n) is 9.00. The van der Waals surface area contributed by atoms with Gasteiger partial charge in [0.05, 0.1) is 5.41 Å². The first-order valence-electron chi connectivity index (χ1n) is 15.3. The van der Waals surface area contributed by atoms with E-state index in [1.165, 1.54) is 11.4 Å². The van der Waals surface area contributed by atoms with Gasteiger partial charge in [-0.15, -0.1) is 0 Å².